The van der Waals surface area contributed by atoms with Gasteiger partial charge in [0.2, 0.25) is 0 Å². The van der Waals surface area contributed by atoms with Gasteiger partial charge >= 0.3 is 0 Å². The van der Waals surface area contributed by atoms with Crippen LogP contribution in [-0.4, -0.2) is 6.71 Å². The van der Waals surface area contributed by atoms with Gasteiger partial charge in [-0.05, 0) is 130 Å². The summed E-state index contributed by atoms with van der Waals surface area (Å²) in [5, 5.41) is 0. The maximum Gasteiger partial charge on any atom is 0.252 e. The average molecular weight is 651 g/mol. The predicted octanol–water partition coefficient (Wildman–Crippen LogP) is 11.0. The highest BCUT2D eigenvalue weighted by Gasteiger charge is 2.43. The summed E-state index contributed by atoms with van der Waals surface area (Å²) < 4.78 is 0. The maximum atomic E-state index is 2.52. The van der Waals surface area contributed by atoms with Crippen molar-refractivity contribution in [3.63, 3.8) is 0 Å². The molecule has 2 aliphatic rings. The number of rotatable bonds is 3. The number of aryl methyl sites for hydroxylation is 3. The van der Waals surface area contributed by atoms with E-state index in [-0.39, 0.29) is 17.5 Å². The lowest BCUT2D eigenvalue weighted by atomic mass is 9.33. The summed E-state index contributed by atoms with van der Waals surface area (Å²) in [6.07, 6.45) is 0. The fourth-order valence-electron chi connectivity index (χ4n) is 8.45. The summed E-state index contributed by atoms with van der Waals surface area (Å²) in [7, 11) is 0. The van der Waals surface area contributed by atoms with Gasteiger partial charge in [-0.25, -0.2) is 0 Å². The molecule has 2 aliphatic heterocycles. The molecule has 0 atom stereocenters. The third kappa shape index (κ3) is 5.18. The van der Waals surface area contributed by atoms with E-state index in [1.165, 1.54) is 89.5 Å². The standard InChI is InChI=1S/C47H47BN2/c1-30-26-31(2)44(32(3)27-30)33-28-42-45-43(29-33)50(37-24-20-35(21-25-37)47(7,8)9)41-17-13-11-15-39(41)48(45)38-14-10-12-16-40(38)49(42)36-22-18-34(19-23-36)46(4,5)6/h10-29H,1-9H3. The molecule has 0 aliphatic carbocycles. The molecule has 2 nitrogen and oxygen atoms in total. The molecule has 0 radical (unpaired) electrons. The molecule has 0 unspecified atom stereocenters. The molecule has 6 aromatic carbocycles. The molecule has 3 heteroatoms. The molecular weight excluding hydrogens is 603 g/mol. The van der Waals surface area contributed by atoms with E-state index in [2.05, 4.69) is 193 Å². The number of para-hydroxylation sites is 2. The van der Waals surface area contributed by atoms with Gasteiger partial charge in [0.05, 0.1) is 0 Å². The van der Waals surface area contributed by atoms with Gasteiger partial charge in [-0.15, -0.1) is 0 Å². The van der Waals surface area contributed by atoms with Crippen LogP contribution in [0.5, 0.6) is 0 Å². The number of hydrogen-bond acceptors (Lipinski definition) is 2. The lowest BCUT2D eigenvalue weighted by molar-refractivity contribution is 0.590. The highest BCUT2D eigenvalue weighted by molar-refractivity contribution is 7.00. The minimum atomic E-state index is 0.0791. The summed E-state index contributed by atoms with van der Waals surface area (Å²) in [6, 6.07) is 46.2. The third-order valence-electron chi connectivity index (χ3n) is 10.8. The van der Waals surface area contributed by atoms with Gasteiger partial charge < -0.3 is 9.80 Å². The molecule has 0 amide bonds. The van der Waals surface area contributed by atoms with Gasteiger partial charge in [-0.3, -0.25) is 0 Å². The lowest BCUT2D eigenvalue weighted by Crippen LogP contribution is -2.61. The van der Waals surface area contributed by atoms with Crippen LogP contribution >= 0.6 is 0 Å². The number of anilines is 6. The van der Waals surface area contributed by atoms with E-state index in [1.807, 2.05) is 0 Å². The van der Waals surface area contributed by atoms with Crippen molar-refractivity contribution in [1.82, 2.24) is 0 Å². The minimum absolute atomic E-state index is 0.0791. The summed E-state index contributed by atoms with van der Waals surface area (Å²) in [4.78, 5) is 5.04. The van der Waals surface area contributed by atoms with Crippen LogP contribution in [0.4, 0.5) is 34.1 Å². The molecule has 0 saturated carbocycles. The van der Waals surface area contributed by atoms with E-state index in [0.29, 0.717) is 0 Å². The van der Waals surface area contributed by atoms with Gasteiger partial charge in [-0.1, -0.05) is 120 Å². The third-order valence-corrected chi connectivity index (χ3v) is 10.8. The highest BCUT2D eigenvalue weighted by atomic mass is 15.2. The molecule has 0 aromatic heterocycles. The molecule has 0 bridgehead atoms. The van der Waals surface area contributed by atoms with Crippen LogP contribution in [0.1, 0.15) is 69.4 Å². The maximum absolute atomic E-state index is 2.52. The predicted molar refractivity (Wildman–Crippen MR) is 218 cm³/mol. The topological polar surface area (TPSA) is 6.48 Å². The van der Waals surface area contributed by atoms with Gasteiger partial charge in [0.15, 0.2) is 0 Å². The molecular formula is C47H47BN2. The molecule has 0 N–H and O–H groups in total. The summed E-state index contributed by atoms with van der Waals surface area (Å²) in [5.41, 5.74) is 20.7. The van der Waals surface area contributed by atoms with Crippen molar-refractivity contribution in [2.75, 3.05) is 9.80 Å². The molecule has 248 valence electrons. The first-order valence-electron chi connectivity index (χ1n) is 18.1. The SMILES string of the molecule is Cc1cc(C)c(-c2cc3c4c(c2)N(c2ccc(C(C)(C)C)cc2)c2ccccc2B4c2ccccc2N3c2ccc(C(C)(C)C)cc2)c(C)c1. The number of hydrogen-bond donors (Lipinski definition) is 0. The Morgan fingerprint density at radius 2 is 0.860 bits per heavy atom. The second-order valence-electron chi connectivity index (χ2n) is 16.5. The van der Waals surface area contributed by atoms with Crippen molar-refractivity contribution in [3.05, 3.63) is 149 Å². The van der Waals surface area contributed by atoms with Crippen molar-refractivity contribution < 1.29 is 0 Å². The Morgan fingerprint density at radius 3 is 1.26 bits per heavy atom. The Kier molecular flexibility index (Phi) is 7.42. The first kappa shape index (κ1) is 32.2. The Balaban J connectivity index is 1.46. The van der Waals surface area contributed by atoms with Crippen molar-refractivity contribution in [3.8, 4) is 11.1 Å². The summed E-state index contributed by atoms with van der Waals surface area (Å²) in [5.74, 6) is 0. The second kappa shape index (κ2) is 11.5. The summed E-state index contributed by atoms with van der Waals surface area (Å²) >= 11 is 0. The Bertz CT molecular complexity index is 2110. The quantitative estimate of drug-likeness (QED) is 0.176. The molecule has 2 heterocycles. The van der Waals surface area contributed by atoms with E-state index in [4.69, 9.17) is 0 Å². The Labute approximate surface area is 299 Å². The fourth-order valence-corrected chi connectivity index (χ4v) is 8.45. The van der Waals surface area contributed by atoms with Crippen LogP contribution in [0.15, 0.2) is 121 Å². The number of nitrogens with zero attached hydrogens (tertiary/aromatic N) is 2. The number of fused-ring (bicyclic) bond motifs is 4. The van der Waals surface area contributed by atoms with Gasteiger partial charge in [0.1, 0.15) is 0 Å². The first-order chi connectivity index (χ1) is 23.8. The van der Waals surface area contributed by atoms with Gasteiger partial charge in [0.25, 0.3) is 6.71 Å². The summed E-state index contributed by atoms with van der Waals surface area (Å²) in [6.45, 7) is 20.6. The Morgan fingerprint density at radius 1 is 0.460 bits per heavy atom. The van der Waals surface area contributed by atoms with Gasteiger partial charge in [0, 0.05) is 34.1 Å². The van der Waals surface area contributed by atoms with E-state index in [9.17, 15) is 0 Å². The Hall–Kier alpha value is -5.02. The van der Waals surface area contributed by atoms with Crippen molar-refractivity contribution in [2.24, 2.45) is 0 Å². The van der Waals surface area contributed by atoms with Crippen molar-refractivity contribution >= 4 is 57.2 Å². The van der Waals surface area contributed by atoms with Crippen LogP contribution < -0.4 is 26.2 Å². The van der Waals surface area contributed by atoms with E-state index in [1.54, 1.807) is 0 Å². The van der Waals surface area contributed by atoms with E-state index in [0.717, 1.165) is 0 Å². The zero-order chi connectivity index (χ0) is 35.1. The minimum Gasteiger partial charge on any atom is -0.311 e. The largest absolute Gasteiger partial charge is 0.311 e. The fraction of sp³-hybridized carbons (Fsp3) is 0.234. The molecule has 6 aromatic rings. The van der Waals surface area contributed by atoms with Crippen molar-refractivity contribution in [2.45, 2.75) is 73.1 Å². The van der Waals surface area contributed by atoms with Gasteiger partial charge in [-0.2, -0.15) is 0 Å². The van der Waals surface area contributed by atoms with E-state index >= 15 is 0 Å². The molecule has 0 saturated heterocycles. The zero-order valence-corrected chi connectivity index (χ0v) is 31.0. The molecule has 50 heavy (non-hydrogen) atoms. The average Bonchev–Trinajstić information content (AvgIpc) is 3.07. The number of benzene rings is 6. The molecule has 0 spiro atoms. The van der Waals surface area contributed by atoms with E-state index < -0.39 is 0 Å². The van der Waals surface area contributed by atoms with Crippen LogP contribution in [0.3, 0.4) is 0 Å². The van der Waals surface area contributed by atoms with Crippen molar-refractivity contribution in [1.29, 1.82) is 0 Å². The lowest BCUT2D eigenvalue weighted by Gasteiger charge is -2.44. The smallest absolute Gasteiger partial charge is 0.252 e. The van der Waals surface area contributed by atoms with Crippen LogP contribution in [-0.2, 0) is 10.8 Å². The monoisotopic (exact) mass is 650 g/mol. The van der Waals surface area contributed by atoms with Crippen LogP contribution in [0, 0.1) is 20.8 Å². The normalized spacial score (nSPS) is 13.6. The molecule has 8 rings (SSSR count). The first-order valence-corrected chi connectivity index (χ1v) is 18.1. The zero-order valence-electron chi connectivity index (χ0n) is 31.0. The molecule has 0 fully saturated rings. The second-order valence-corrected chi connectivity index (χ2v) is 16.5. The van der Waals surface area contributed by atoms with Crippen LogP contribution in [0.25, 0.3) is 11.1 Å². The highest BCUT2D eigenvalue weighted by Crippen LogP contribution is 2.47. The van der Waals surface area contributed by atoms with Crippen LogP contribution in [0.2, 0.25) is 0 Å².